The fourth-order valence-electron chi connectivity index (χ4n) is 0.534. The van der Waals surface area contributed by atoms with Crippen LogP contribution >= 0.6 is 7.82 Å². The van der Waals surface area contributed by atoms with Crippen molar-refractivity contribution in [1.29, 1.82) is 0 Å². The van der Waals surface area contributed by atoms with Gasteiger partial charge in [0.2, 0.25) is 0 Å². The number of hydrogen-bond donors (Lipinski definition) is 3. The first-order chi connectivity index (χ1) is 5.39. The largest absolute Gasteiger partial charge is 0.466 e. The van der Waals surface area contributed by atoms with Crippen molar-refractivity contribution in [3.05, 3.63) is 35.9 Å². The molecule has 0 spiro atoms. The molecule has 13 heavy (non-hydrogen) atoms. The van der Waals surface area contributed by atoms with E-state index in [1.165, 1.54) is 5.56 Å². The standard InChI is InChI=1S/C7H8.K.H3O4P/c1-7-5-3-2-4-6-7;;1-5(2,3)4/h2-6H,1H3;;(H3,1,2,3,4). The van der Waals surface area contributed by atoms with Gasteiger partial charge in [-0.2, -0.15) is 0 Å². The third-order valence-corrected chi connectivity index (χ3v) is 0.940. The summed E-state index contributed by atoms with van der Waals surface area (Å²) in [7, 11) is -4.64. The minimum atomic E-state index is -4.64. The zero-order valence-electron chi connectivity index (χ0n) is 7.58. The number of rotatable bonds is 0. The summed E-state index contributed by atoms with van der Waals surface area (Å²) in [4.78, 5) is 21.6. The van der Waals surface area contributed by atoms with E-state index in [0.717, 1.165) is 0 Å². The van der Waals surface area contributed by atoms with Crippen molar-refractivity contribution < 1.29 is 19.2 Å². The Balaban J connectivity index is 0. The van der Waals surface area contributed by atoms with Gasteiger partial charge in [0.05, 0.1) is 0 Å². The van der Waals surface area contributed by atoms with Crippen LogP contribution in [0.4, 0.5) is 0 Å². The summed E-state index contributed by atoms with van der Waals surface area (Å²) in [5, 5.41) is 0. The van der Waals surface area contributed by atoms with Crippen molar-refractivity contribution in [3.8, 4) is 0 Å². The second-order valence-corrected chi connectivity index (χ2v) is 3.19. The van der Waals surface area contributed by atoms with E-state index >= 15 is 0 Å². The summed E-state index contributed by atoms with van der Waals surface area (Å²) in [5.41, 5.74) is 1.32. The van der Waals surface area contributed by atoms with Gasteiger partial charge in [0.25, 0.3) is 0 Å². The van der Waals surface area contributed by atoms with Gasteiger partial charge in [-0.1, -0.05) is 35.9 Å². The molecule has 0 aromatic heterocycles. The molecule has 69 valence electrons. The van der Waals surface area contributed by atoms with Crippen molar-refractivity contribution in [2.24, 2.45) is 0 Å². The molecule has 1 rings (SSSR count). The molecule has 0 amide bonds. The average molecular weight is 229 g/mol. The number of benzene rings is 1. The summed E-state index contributed by atoms with van der Waals surface area (Å²) in [6.07, 6.45) is 0. The first-order valence-corrected chi connectivity index (χ1v) is 4.76. The van der Waals surface area contributed by atoms with Crippen molar-refractivity contribution in [2.75, 3.05) is 0 Å². The van der Waals surface area contributed by atoms with Gasteiger partial charge in [-0.25, -0.2) is 4.57 Å². The average Bonchev–Trinajstić information content (AvgIpc) is 1.85. The Morgan fingerprint density at radius 2 is 1.38 bits per heavy atom. The second kappa shape index (κ2) is 8.29. The van der Waals surface area contributed by atoms with Gasteiger partial charge in [-0.3, -0.25) is 0 Å². The smallest absolute Gasteiger partial charge is 0.303 e. The molecule has 0 heterocycles. The molecule has 0 saturated heterocycles. The maximum absolute atomic E-state index is 8.88. The Kier molecular flexibility index (Phi) is 10.5. The Bertz CT molecular complexity index is 250. The third-order valence-electron chi connectivity index (χ3n) is 0.940. The molecule has 3 N–H and O–H groups in total. The van der Waals surface area contributed by atoms with Crippen molar-refractivity contribution in [2.45, 2.75) is 6.92 Å². The van der Waals surface area contributed by atoms with Crippen molar-refractivity contribution in [3.63, 3.8) is 0 Å². The topological polar surface area (TPSA) is 77.8 Å². The summed E-state index contributed by atoms with van der Waals surface area (Å²) in [5.74, 6) is 0. The van der Waals surface area contributed by atoms with E-state index in [1.54, 1.807) is 0 Å². The summed E-state index contributed by atoms with van der Waals surface area (Å²) in [6.45, 7) is 2.08. The predicted octanol–water partition coefficient (Wildman–Crippen LogP) is 0.686. The van der Waals surface area contributed by atoms with Crippen molar-refractivity contribution >= 4 is 59.2 Å². The maximum Gasteiger partial charge on any atom is 0.466 e. The number of aryl methyl sites for hydroxylation is 1. The van der Waals surface area contributed by atoms with Gasteiger partial charge in [0, 0.05) is 51.4 Å². The van der Waals surface area contributed by atoms with Gasteiger partial charge in [0.1, 0.15) is 0 Å². The van der Waals surface area contributed by atoms with E-state index < -0.39 is 7.82 Å². The van der Waals surface area contributed by atoms with E-state index in [1.807, 2.05) is 18.2 Å². The summed E-state index contributed by atoms with van der Waals surface area (Å²) < 4.78 is 8.88. The van der Waals surface area contributed by atoms with E-state index in [-0.39, 0.29) is 51.4 Å². The third kappa shape index (κ3) is 19.4. The van der Waals surface area contributed by atoms with Crippen LogP contribution in [0, 0.1) is 6.92 Å². The molecule has 0 aliphatic rings. The monoisotopic (exact) mass is 229 g/mol. The molecule has 0 bridgehead atoms. The normalized spacial score (nSPS) is 9.23. The fourth-order valence-corrected chi connectivity index (χ4v) is 0.534. The Hall–Kier alpha value is 0.966. The second-order valence-electron chi connectivity index (χ2n) is 2.17. The van der Waals surface area contributed by atoms with E-state index in [0.29, 0.717) is 0 Å². The van der Waals surface area contributed by atoms with Crippen molar-refractivity contribution in [1.82, 2.24) is 0 Å². The van der Waals surface area contributed by atoms with E-state index in [4.69, 9.17) is 19.2 Å². The molecule has 0 fully saturated rings. The van der Waals surface area contributed by atoms with E-state index in [2.05, 4.69) is 19.1 Å². The fraction of sp³-hybridized carbons (Fsp3) is 0.143. The van der Waals surface area contributed by atoms with Crippen LogP contribution in [0.2, 0.25) is 0 Å². The first-order valence-electron chi connectivity index (χ1n) is 3.19. The zero-order valence-corrected chi connectivity index (χ0v) is 11.6. The quantitative estimate of drug-likeness (QED) is 0.451. The summed E-state index contributed by atoms with van der Waals surface area (Å²) in [6, 6.07) is 10.3. The van der Waals surface area contributed by atoms with Gasteiger partial charge in [-0.05, 0) is 6.92 Å². The maximum atomic E-state index is 8.88. The molecule has 1 aromatic carbocycles. The molecule has 0 aliphatic heterocycles. The summed E-state index contributed by atoms with van der Waals surface area (Å²) >= 11 is 0. The molecule has 4 nitrogen and oxygen atoms in total. The molecular formula is C7H11KO4P. The van der Waals surface area contributed by atoms with Gasteiger partial charge >= 0.3 is 7.82 Å². The molecule has 1 radical (unpaired) electrons. The SMILES string of the molecule is Cc1ccccc1.O=P(O)(O)O.[K]. The van der Waals surface area contributed by atoms with Crippen LogP contribution in [-0.4, -0.2) is 66.1 Å². The Labute approximate surface area is 120 Å². The van der Waals surface area contributed by atoms with Crippen LogP contribution in [-0.2, 0) is 4.57 Å². The minimum Gasteiger partial charge on any atom is -0.303 e. The van der Waals surface area contributed by atoms with Crippen LogP contribution in [0.3, 0.4) is 0 Å². The van der Waals surface area contributed by atoms with Crippen LogP contribution in [0.5, 0.6) is 0 Å². The predicted molar refractivity (Wildman–Crippen MR) is 51.2 cm³/mol. The molecule has 6 heteroatoms. The van der Waals surface area contributed by atoms with Gasteiger partial charge in [0.15, 0.2) is 0 Å². The van der Waals surface area contributed by atoms with Crippen LogP contribution in [0.1, 0.15) is 5.56 Å². The Morgan fingerprint density at radius 3 is 1.54 bits per heavy atom. The molecular weight excluding hydrogens is 218 g/mol. The number of phosphoric acid groups is 1. The zero-order chi connectivity index (χ0) is 9.61. The van der Waals surface area contributed by atoms with E-state index in [9.17, 15) is 0 Å². The first kappa shape index (κ1) is 16.4. The molecule has 0 aliphatic carbocycles. The number of hydrogen-bond acceptors (Lipinski definition) is 1. The van der Waals surface area contributed by atoms with Crippen LogP contribution < -0.4 is 0 Å². The molecule has 1 aromatic rings. The molecule has 0 saturated carbocycles. The van der Waals surface area contributed by atoms with Gasteiger partial charge in [-0.15, -0.1) is 0 Å². The Morgan fingerprint density at radius 1 is 1.08 bits per heavy atom. The molecule has 0 unspecified atom stereocenters. The van der Waals surface area contributed by atoms with Gasteiger partial charge < -0.3 is 14.7 Å². The molecule has 0 atom stereocenters. The minimum absolute atomic E-state index is 0. The van der Waals surface area contributed by atoms with Crippen LogP contribution in [0.15, 0.2) is 30.3 Å². The van der Waals surface area contributed by atoms with Crippen LogP contribution in [0.25, 0.3) is 0 Å².